The quantitative estimate of drug-likeness (QED) is 0.462. The summed E-state index contributed by atoms with van der Waals surface area (Å²) in [5.74, 6) is 0. The Balaban J connectivity index is 1.84. The smallest absolute Gasteiger partial charge is 0.423 e. The highest BCUT2D eigenvalue weighted by atomic mass is 16.4. The lowest BCUT2D eigenvalue weighted by atomic mass is 9.78. The van der Waals surface area contributed by atoms with Gasteiger partial charge in [-0.15, -0.1) is 0 Å². The Morgan fingerprint density at radius 2 is 1.26 bits per heavy atom. The average molecular weight is 405 g/mol. The van der Waals surface area contributed by atoms with E-state index in [0.717, 1.165) is 17.1 Å². The van der Waals surface area contributed by atoms with Crippen LogP contribution in [-0.2, 0) is 5.41 Å². The van der Waals surface area contributed by atoms with E-state index in [9.17, 15) is 10.0 Å². The summed E-state index contributed by atoms with van der Waals surface area (Å²) in [7, 11) is -1.57. The first-order valence-electron chi connectivity index (χ1n) is 10.5. The zero-order valence-electron chi connectivity index (χ0n) is 17.7. The van der Waals surface area contributed by atoms with Crippen molar-refractivity contribution in [2.45, 2.75) is 19.3 Å². The summed E-state index contributed by atoms with van der Waals surface area (Å²) in [6.45, 7) is 4.53. The maximum Gasteiger partial charge on any atom is 0.490 e. The highest BCUT2D eigenvalue weighted by molar-refractivity contribution is 6.60. The van der Waals surface area contributed by atoms with Crippen LogP contribution in [0.3, 0.4) is 0 Å². The van der Waals surface area contributed by atoms with Gasteiger partial charge in [-0.25, -0.2) is 0 Å². The molecule has 4 heteroatoms. The molecular weight excluding hydrogens is 381 g/mol. The third-order valence-corrected chi connectivity index (χ3v) is 6.30. The van der Waals surface area contributed by atoms with Crippen molar-refractivity contribution in [3.05, 3.63) is 108 Å². The molecule has 0 radical (unpaired) electrons. The average Bonchev–Trinajstić information content (AvgIpc) is 3.03. The Morgan fingerprint density at radius 1 is 0.645 bits per heavy atom. The molecule has 152 valence electrons. The van der Waals surface area contributed by atoms with Gasteiger partial charge < -0.3 is 14.9 Å². The SMILES string of the molecule is CC1(C)c2ccccc2-c2c(N(c3ccccc3)c3ccccc3B(O)O)cccc21. The van der Waals surface area contributed by atoms with Crippen molar-refractivity contribution in [3.8, 4) is 11.1 Å². The van der Waals surface area contributed by atoms with Crippen LogP contribution < -0.4 is 10.4 Å². The molecule has 31 heavy (non-hydrogen) atoms. The number of benzene rings is 4. The molecule has 0 aliphatic heterocycles. The number of anilines is 3. The van der Waals surface area contributed by atoms with Crippen molar-refractivity contribution in [2.75, 3.05) is 4.90 Å². The van der Waals surface area contributed by atoms with E-state index >= 15 is 0 Å². The van der Waals surface area contributed by atoms with Gasteiger partial charge in [0.2, 0.25) is 0 Å². The minimum absolute atomic E-state index is 0.111. The van der Waals surface area contributed by atoms with Crippen LogP contribution in [0.15, 0.2) is 97.1 Å². The van der Waals surface area contributed by atoms with Gasteiger partial charge in [0.05, 0.1) is 5.69 Å². The lowest BCUT2D eigenvalue weighted by Gasteiger charge is -2.30. The number of nitrogens with zero attached hydrogens (tertiary/aromatic N) is 1. The fourth-order valence-electron chi connectivity index (χ4n) is 4.82. The Morgan fingerprint density at radius 3 is 2.03 bits per heavy atom. The van der Waals surface area contributed by atoms with Gasteiger partial charge in [-0.1, -0.05) is 86.6 Å². The molecule has 4 aromatic carbocycles. The van der Waals surface area contributed by atoms with Gasteiger partial charge in [-0.2, -0.15) is 0 Å². The van der Waals surface area contributed by atoms with Crippen LogP contribution in [0, 0.1) is 0 Å². The van der Waals surface area contributed by atoms with Crippen LogP contribution in [0.1, 0.15) is 25.0 Å². The molecule has 0 atom stereocenters. The first kappa shape index (κ1) is 19.6. The first-order chi connectivity index (χ1) is 15.0. The van der Waals surface area contributed by atoms with Gasteiger partial charge in [-0.3, -0.25) is 0 Å². The number of hydrogen-bond acceptors (Lipinski definition) is 3. The molecule has 0 heterocycles. The number of rotatable bonds is 4. The summed E-state index contributed by atoms with van der Waals surface area (Å²) >= 11 is 0. The van der Waals surface area contributed by atoms with E-state index < -0.39 is 7.12 Å². The van der Waals surface area contributed by atoms with Gasteiger partial charge in [0, 0.05) is 27.8 Å². The van der Waals surface area contributed by atoms with E-state index in [0.29, 0.717) is 5.46 Å². The molecule has 1 aliphatic rings. The third-order valence-electron chi connectivity index (χ3n) is 6.30. The Hall–Kier alpha value is -3.34. The fourth-order valence-corrected chi connectivity index (χ4v) is 4.82. The van der Waals surface area contributed by atoms with Crippen LogP contribution in [0.2, 0.25) is 0 Å². The molecule has 0 spiro atoms. The third kappa shape index (κ3) is 3.07. The van der Waals surface area contributed by atoms with E-state index in [-0.39, 0.29) is 5.41 Å². The standard InChI is InChI=1S/C27H24BNO2/c1-27(2)21-14-7-6-13-20(21)26-22(27)15-10-18-25(26)29(19-11-4-3-5-12-19)24-17-9-8-16-23(24)28(30)31/h3-18,30-31H,1-2H3. The molecule has 0 fully saturated rings. The summed E-state index contributed by atoms with van der Waals surface area (Å²) in [5, 5.41) is 20.2. The fraction of sp³-hybridized carbons (Fsp3) is 0.111. The van der Waals surface area contributed by atoms with E-state index in [1.807, 2.05) is 48.5 Å². The molecule has 0 unspecified atom stereocenters. The largest absolute Gasteiger partial charge is 0.490 e. The monoisotopic (exact) mass is 405 g/mol. The van der Waals surface area contributed by atoms with Crippen molar-refractivity contribution in [2.24, 2.45) is 0 Å². The topological polar surface area (TPSA) is 43.7 Å². The van der Waals surface area contributed by atoms with Crippen molar-refractivity contribution in [1.82, 2.24) is 0 Å². The molecule has 3 nitrogen and oxygen atoms in total. The first-order valence-corrected chi connectivity index (χ1v) is 10.5. The summed E-state index contributed by atoms with van der Waals surface area (Å²) in [6, 6.07) is 32.5. The molecular formula is C27H24BNO2. The molecule has 0 saturated heterocycles. The van der Waals surface area contributed by atoms with Crippen LogP contribution in [0.5, 0.6) is 0 Å². The van der Waals surface area contributed by atoms with E-state index in [1.165, 1.54) is 22.3 Å². The van der Waals surface area contributed by atoms with Crippen molar-refractivity contribution in [1.29, 1.82) is 0 Å². The van der Waals surface area contributed by atoms with Gasteiger partial charge >= 0.3 is 7.12 Å². The molecule has 2 N–H and O–H groups in total. The molecule has 0 bridgehead atoms. The van der Waals surface area contributed by atoms with Gasteiger partial charge in [-0.05, 0) is 41.0 Å². The number of hydrogen-bond donors (Lipinski definition) is 2. The van der Waals surface area contributed by atoms with Crippen LogP contribution in [-0.4, -0.2) is 17.2 Å². The molecule has 0 aromatic heterocycles. The second kappa shape index (κ2) is 7.42. The zero-order chi connectivity index (χ0) is 21.6. The minimum atomic E-state index is -1.57. The predicted octanol–water partition coefficient (Wildman–Crippen LogP) is 5.14. The number of para-hydroxylation sites is 2. The van der Waals surface area contributed by atoms with E-state index in [2.05, 4.69) is 61.2 Å². The second-order valence-electron chi connectivity index (χ2n) is 8.47. The number of fused-ring (bicyclic) bond motifs is 3. The van der Waals surface area contributed by atoms with Gasteiger partial charge in [0.1, 0.15) is 0 Å². The highest BCUT2D eigenvalue weighted by Crippen LogP contribution is 2.53. The summed E-state index contributed by atoms with van der Waals surface area (Å²) in [4.78, 5) is 2.13. The van der Waals surface area contributed by atoms with Crippen molar-refractivity contribution in [3.63, 3.8) is 0 Å². The predicted molar refractivity (Wildman–Crippen MR) is 129 cm³/mol. The maximum atomic E-state index is 10.1. The van der Waals surface area contributed by atoms with Crippen LogP contribution >= 0.6 is 0 Å². The second-order valence-corrected chi connectivity index (χ2v) is 8.47. The summed E-state index contributed by atoms with van der Waals surface area (Å²) in [5.41, 5.74) is 8.08. The molecule has 0 amide bonds. The van der Waals surface area contributed by atoms with Gasteiger partial charge in [0.25, 0.3) is 0 Å². The molecule has 5 rings (SSSR count). The Labute approximate surface area is 183 Å². The lowest BCUT2D eigenvalue weighted by molar-refractivity contribution is 0.426. The van der Waals surface area contributed by atoms with Gasteiger partial charge in [0.15, 0.2) is 0 Å². The molecule has 4 aromatic rings. The Bertz CT molecular complexity index is 1250. The molecule has 1 aliphatic carbocycles. The zero-order valence-corrected chi connectivity index (χ0v) is 17.7. The lowest BCUT2D eigenvalue weighted by Crippen LogP contribution is -2.34. The van der Waals surface area contributed by atoms with Crippen LogP contribution in [0.25, 0.3) is 11.1 Å². The van der Waals surface area contributed by atoms with Crippen molar-refractivity contribution >= 4 is 29.6 Å². The molecule has 0 saturated carbocycles. The highest BCUT2D eigenvalue weighted by Gasteiger charge is 2.38. The van der Waals surface area contributed by atoms with Crippen LogP contribution in [0.4, 0.5) is 17.1 Å². The maximum absolute atomic E-state index is 10.1. The normalized spacial score (nSPS) is 13.4. The minimum Gasteiger partial charge on any atom is -0.423 e. The van der Waals surface area contributed by atoms with Crippen molar-refractivity contribution < 1.29 is 10.0 Å². The van der Waals surface area contributed by atoms with E-state index in [1.54, 1.807) is 6.07 Å². The van der Waals surface area contributed by atoms with E-state index in [4.69, 9.17) is 0 Å². The summed E-state index contributed by atoms with van der Waals surface area (Å²) in [6.07, 6.45) is 0. The Kier molecular flexibility index (Phi) is 4.69. The summed E-state index contributed by atoms with van der Waals surface area (Å²) < 4.78 is 0.